The Morgan fingerprint density at radius 2 is 2.00 bits per heavy atom. The van der Waals surface area contributed by atoms with Gasteiger partial charge in [0.1, 0.15) is 5.75 Å². The molecular formula is C11H8F3NOS. The van der Waals surface area contributed by atoms with Crippen LogP contribution in [0.15, 0.2) is 24.4 Å². The molecule has 0 atom stereocenters. The molecule has 0 radical (unpaired) electrons. The van der Waals surface area contributed by atoms with Gasteiger partial charge in [-0.15, -0.1) is 11.3 Å². The van der Waals surface area contributed by atoms with Crippen molar-refractivity contribution in [3.05, 3.63) is 35.0 Å². The van der Waals surface area contributed by atoms with E-state index in [-0.39, 0.29) is 5.75 Å². The summed E-state index contributed by atoms with van der Waals surface area (Å²) < 4.78 is 37.1. The minimum atomic E-state index is -4.44. The van der Waals surface area contributed by atoms with Crippen LogP contribution in [-0.2, 0) is 6.18 Å². The molecular weight excluding hydrogens is 251 g/mol. The lowest BCUT2D eigenvalue weighted by Gasteiger charge is -2.02. The molecule has 6 heteroatoms. The van der Waals surface area contributed by atoms with E-state index in [0.717, 1.165) is 11.8 Å². The highest BCUT2D eigenvalue weighted by Gasteiger charge is 2.34. The molecule has 0 spiro atoms. The van der Waals surface area contributed by atoms with E-state index in [0.29, 0.717) is 21.8 Å². The Bertz CT molecular complexity index is 548. The van der Waals surface area contributed by atoms with Gasteiger partial charge in [-0.05, 0) is 19.1 Å². The fourth-order valence-corrected chi connectivity index (χ4v) is 2.19. The molecule has 1 N–H and O–H groups in total. The molecule has 0 aliphatic rings. The SMILES string of the molecule is Cc1ccc(O)c(-c2cnc(C(F)(F)F)s2)c1. The van der Waals surface area contributed by atoms with Crippen LogP contribution in [0.2, 0.25) is 0 Å². The van der Waals surface area contributed by atoms with Crippen LogP contribution in [0, 0.1) is 6.92 Å². The monoisotopic (exact) mass is 259 g/mol. The summed E-state index contributed by atoms with van der Waals surface area (Å²) >= 11 is 0.520. The molecule has 1 aromatic carbocycles. The van der Waals surface area contributed by atoms with E-state index in [1.165, 1.54) is 6.07 Å². The molecule has 2 nitrogen and oxygen atoms in total. The van der Waals surface area contributed by atoms with Crippen molar-refractivity contribution in [3.8, 4) is 16.2 Å². The Hall–Kier alpha value is -1.56. The van der Waals surface area contributed by atoms with E-state index >= 15 is 0 Å². The largest absolute Gasteiger partial charge is 0.507 e. The normalized spacial score (nSPS) is 11.8. The highest BCUT2D eigenvalue weighted by Crippen LogP contribution is 2.39. The molecule has 0 saturated heterocycles. The topological polar surface area (TPSA) is 33.1 Å². The zero-order chi connectivity index (χ0) is 12.6. The van der Waals surface area contributed by atoms with Crippen LogP contribution < -0.4 is 0 Å². The predicted octanol–water partition coefficient (Wildman–Crippen LogP) is 3.84. The van der Waals surface area contributed by atoms with Crippen LogP contribution >= 0.6 is 11.3 Å². The summed E-state index contributed by atoms with van der Waals surface area (Å²) in [5.74, 6) is -0.0482. The van der Waals surface area contributed by atoms with E-state index in [4.69, 9.17) is 0 Å². The number of aromatic nitrogens is 1. The average molecular weight is 259 g/mol. The first-order chi connectivity index (χ1) is 7.88. The van der Waals surface area contributed by atoms with Gasteiger partial charge in [0.05, 0.1) is 4.88 Å². The Balaban J connectivity index is 2.47. The summed E-state index contributed by atoms with van der Waals surface area (Å²) in [7, 11) is 0. The molecule has 17 heavy (non-hydrogen) atoms. The van der Waals surface area contributed by atoms with Gasteiger partial charge in [-0.2, -0.15) is 13.2 Å². The number of hydrogen-bond acceptors (Lipinski definition) is 3. The third-order valence-electron chi connectivity index (χ3n) is 2.17. The average Bonchev–Trinajstić information content (AvgIpc) is 2.70. The molecule has 1 heterocycles. The van der Waals surface area contributed by atoms with Crippen LogP contribution in [0.5, 0.6) is 5.75 Å². The van der Waals surface area contributed by atoms with Crippen molar-refractivity contribution in [2.45, 2.75) is 13.1 Å². The standard InChI is InChI=1S/C11H8F3NOS/c1-6-2-3-8(16)7(4-6)9-5-15-10(17-9)11(12,13)14/h2-5,16H,1H3. The van der Waals surface area contributed by atoms with Gasteiger partial charge >= 0.3 is 6.18 Å². The maximum absolute atomic E-state index is 12.4. The molecule has 1 aromatic heterocycles. The smallest absolute Gasteiger partial charge is 0.443 e. The van der Waals surface area contributed by atoms with Crippen molar-refractivity contribution in [2.75, 3.05) is 0 Å². The zero-order valence-electron chi connectivity index (χ0n) is 8.75. The van der Waals surface area contributed by atoms with E-state index in [9.17, 15) is 18.3 Å². The summed E-state index contributed by atoms with van der Waals surface area (Å²) in [4.78, 5) is 3.62. The number of phenolic OH excluding ortho intramolecular Hbond substituents is 1. The maximum Gasteiger partial charge on any atom is 0.443 e. The Morgan fingerprint density at radius 1 is 1.29 bits per heavy atom. The summed E-state index contributed by atoms with van der Waals surface area (Å²) in [6.07, 6.45) is -3.32. The fourth-order valence-electron chi connectivity index (χ4n) is 1.38. The van der Waals surface area contributed by atoms with Crippen molar-refractivity contribution in [1.29, 1.82) is 0 Å². The number of hydrogen-bond donors (Lipinski definition) is 1. The third kappa shape index (κ3) is 2.41. The molecule has 0 aliphatic heterocycles. The van der Waals surface area contributed by atoms with Crippen LogP contribution in [-0.4, -0.2) is 10.1 Å². The van der Waals surface area contributed by atoms with Gasteiger partial charge in [-0.25, -0.2) is 4.98 Å². The number of phenols is 1. The quantitative estimate of drug-likeness (QED) is 0.844. The minimum absolute atomic E-state index is 0.0482. The first-order valence-electron chi connectivity index (χ1n) is 4.71. The molecule has 0 unspecified atom stereocenters. The van der Waals surface area contributed by atoms with Crippen LogP contribution in [0.3, 0.4) is 0 Å². The van der Waals surface area contributed by atoms with E-state index < -0.39 is 11.2 Å². The summed E-state index contributed by atoms with van der Waals surface area (Å²) in [5.41, 5.74) is 1.23. The van der Waals surface area contributed by atoms with Gasteiger partial charge in [0.2, 0.25) is 0 Å². The Labute approximate surface area is 99.4 Å². The number of benzene rings is 1. The molecule has 2 rings (SSSR count). The molecule has 0 saturated carbocycles. The summed E-state index contributed by atoms with van der Waals surface area (Å²) in [6.45, 7) is 1.80. The second kappa shape index (κ2) is 4.03. The number of alkyl halides is 3. The lowest BCUT2D eigenvalue weighted by molar-refractivity contribution is -0.137. The van der Waals surface area contributed by atoms with Gasteiger partial charge in [-0.3, -0.25) is 0 Å². The van der Waals surface area contributed by atoms with Crippen molar-refractivity contribution in [3.63, 3.8) is 0 Å². The van der Waals surface area contributed by atoms with E-state index in [1.807, 2.05) is 0 Å². The van der Waals surface area contributed by atoms with Crippen LogP contribution in [0.25, 0.3) is 10.4 Å². The van der Waals surface area contributed by atoms with Gasteiger partial charge in [-0.1, -0.05) is 11.6 Å². The van der Waals surface area contributed by atoms with Crippen molar-refractivity contribution < 1.29 is 18.3 Å². The summed E-state index contributed by atoms with van der Waals surface area (Å²) in [5, 5.41) is 8.69. The fraction of sp³-hybridized carbons (Fsp3) is 0.182. The highest BCUT2D eigenvalue weighted by molar-refractivity contribution is 7.15. The van der Waals surface area contributed by atoms with E-state index in [2.05, 4.69) is 4.98 Å². The summed E-state index contributed by atoms with van der Waals surface area (Å²) in [6, 6.07) is 4.77. The number of halogens is 3. The van der Waals surface area contributed by atoms with Gasteiger partial charge in [0.25, 0.3) is 0 Å². The second-order valence-corrected chi connectivity index (χ2v) is 4.58. The Kier molecular flexibility index (Phi) is 2.82. The van der Waals surface area contributed by atoms with Crippen molar-refractivity contribution in [2.24, 2.45) is 0 Å². The number of aryl methyl sites for hydroxylation is 1. The number of thiazole rings is 1. The van der Waals surface area contributed by atoms with Crippen molar-refractivity contribution in [1.82, 2.24) is 4.98 Å². The predicted molar refractivity (Wildman–Crippen MR) is 59.0 cm³/mol. The zero-order valence-corrected chi connectivity index (χ0v) is 9.56. The molecule has 2 aromatic rings. The van der Waals surface area contributed by atoms with Gasteiger partial charge in [0.15, 0.2) is 5.01 Å². The van der Waals surface area contributed by atoms with Gasteiger partial charge < -0.3 is 5.11 Å². The first kappa shape index (κ1) is 11.9. The highest BCUT2D eigenvalue weighted by atomic mass is 32.1. The molecule has 0 amide bonds. The lowest BCUT2D eigenvalue weighted by Crippen LogP contribution is -2.02. The van der Waals surface area contributed by atoms with Gasteiger partial charge in [0, 0.05) is 11.8 Å². The van der Waals surface area contributed by atoms with E-state index in [1.54, 1.807) is 19.1 Å². The second-order valence-electron chi connectivity index (χ2n) is 3.55. The first-order valence-corrected chi connectivity index (χ1v) is 5.52. The Morgan fingerprint density at radius 3 is 2.59 bits per heavy atom. The minimum Gasteiger partial charge on any atom is -0.507 e. The molecule has 0 bridgehead atoms. The third-order valence-corrected chi connectivity index (χ3v) is 3.24. The number of nitrogens with zero attached hydrogens (tertiary/aromatic N) is 1. The molecule has 0 aliphatic carbocycles. The molecule has 90 valence electrons. The van der Waals surface area contributed by atoms with Crippen molar-refractivity contribution >= 4 is 11.3 Å². The molecule has 0 fully saturated rings. The lowest BCUT2D eigenvalue weighted by atomic mass is 10.1. The number of rotatable bonds is 1. The maximum atomic E-state index is 12.4. The van der Waals surface area contributed by atoms with Crippen LogP contribution in [0.4, 0.5) is 13.2 Å². The van der Waals surface area contributed by atoms with Crippen LogP contribution in [0.1, 0.15) is 10.6 Å². The number of aromatic hydroxyl groups is 1.